The number of hydrogen-bond donors (Lipinski definition) is 1. The minimum Gasteiger partial charge on any atom is -0.460 e. The van der Waals surface area contributed by atoms with Crippen LogP contribution in [0.15, 0.2) is 12.2 Å². The first-order chi connectivity index (χ1) is 7.73. The molecule has 0 aromatic carbocycles. The summed E-state index contributed by atoms with van der Waals surface area (Å²) in [7, 11) is 0. The highest BCUT2D eigenvalue weighted by molar-refractivity contribution is 5.74. The Balaban J connectivity index is 2.74. The number of esters is 1. The predicted octanol–water partition coefficient (Wildman–Crippen LogP) is 2.68. The van der Waals surface area contributed by atoms with Crippen LogP contribution < -0.4 is 0 Å². The van der Waals surface area contributed by atoms with Crippen LogP contribution in [-0.2, 0) is 9.53 Å². The molecule has 1 aliphatic carbocycles. The monoisotopic (exact) mass is 240 g/mol. The Hall–Kier alpha value is -0.830. The summed E-state index contributed by atoms with van der Waals surface area (Å²) >= 11 is 0. The van der Waals surface area contributed by atoms with Gasteiger partial charge in [0.1, 0.15) is 12.2 Å². The summed E-state index contributed by atoms with van der Waals surface area (Å²) in [5, 5.41) is 9.21. The van der Waals surface area contributed by atoms with Crippen molar-refractivity contribution in [3.63, 3.8) is 0 Å². The SMILES string of the molecule is C=C(C)C1CCC(C)(C)CC1OC(=O)C(C)O. The first kappa shape index (κ1) is 14.2. The van der Waals surface area contributed by atoms with Gasteiger partial charge in [-0.1, -0.05) is 26.0 Å². The maximum atomic E-state index is 11.5. The topological polar surface area (TPSA) is 46.5 Å². The Labute approximate surface area is 104 Å². The molecule has 0 amide bonds. The predicted molar refractivity (Wildman–Crippen MR) is 67.5 cm³/mol. The van der Waals surface area contributed by atoms with Crippen molar-refractivity contribution in [2.75, 3.05) is 0 Å². The largest absolute Gasteiger partial charge is 0.460 e. The molecule has 17 heavy (non-hydrogen) atoms. The van der Waals surface area contributed by atoms with Gasteiger partial charge in [-0.25, -0.2) is 4.79 Å². The lowest BCUT2D eigenvalue weighted by Gasteiger charge is -2.40. The molecule has 3 heteroatoms. The minimum absolute atomic E-state index is 0.140. The van der Waals surface area contributed by atoms with E-state index in [2.05, 4.69) is 20.4 Å². The van der Waals surface area contributed by atoms with Crippen molar-refractivity contribution in [1.29, 1.82) is 0 Å². The fraction of sp³-hybridized carbons (Fsp3) is 0.786. The maximum Gasteiger partial charge on any atom is 0.334 e. The lowest BCUT2D eigenvalue weighted by atomic mass is 9.70. The molecule has 0 heterocycles. The van der Waals surface area contributed by atoms with Gasteiger partial charge in [0.15, 0.2) is 0 Å². The summed E-state index contributed by atoms with van der Waals surface area (Å²) in [5.41, 5.74) is 1.25. The minimum atomic E-state index is -1.05. The molecule has 3 atom stereocenters. The molecule has 1 saturated carbocycles. The lowest BCUT2D eigenvalue weighted by molar-refractivity contribution is -0.164. The van der Waals surface area contributed by atoms with Crippen molar-refractivity contribution in [2.45, 2.75) is 59.2 Å². The third kappa shape index (κ3) is 3.84. The van der Waals surface area contributed by atoms with Gasteiger partial charge in [-0.15, -0.1) is 0 Å². The maximum absolute atomic E-state index is 11.5. The number of hydrogen-bond acceptors (Lipinski definition) is 3. The third-order valence-corrected chi connectivity index (χ3v) is 3.58. The van der Waals surface area contributed by atoms with Gasteiger partial charge in [-0.05, 0) is 38.5 Å². The zero-order valence-corrected chi connectivity index (χ0v) is 11.3. The number of ether oxygens (including phenoxy) is 1. The van der Waals surface area contributed by atoms with Crippen LogP contribution in [0, 0.1) is 11.3 Å². The first-order valence-electron chi connectivity index (χ1n) is 6.27. The van der Waals surface area contributed by atoms with Gasteiger partial charge in [0.2, 0.25) is 0 Å². The molecule has 98 valence electrons. The number of carbonyl (C=O) groups is 1. The van der Waals surface area contributed by atoms with Crippen molar-refractivity contribution >= 4 is 5.97 Å². The number of carbonyl (C=O) groups excluding carboxylic acids is 1. The zero-order valence-electron chi connectivity index (χ0n) is 11.3. The number of aliphatic hydroxyl groups excluding tert-OH is 1. The van der Waals surface area contributed by atoms with Gasteiger partial charge in [-0.3, -0.25) is 0 Å². The summed E-state index contributed by atoms with van der Waals surface area (Å²) < 4.78 is 5.41. The fourth-order valence-electron chi connectivity index (χ4n) is 2.46. The van der Waals surface area contributed by atoms with Crippen LogP contribution in [0.1, 0.15) is 47.0 Å². The zero-order chi connectivity index (χ0) is 13.2. The van der Waals surface area contributed by atoms with Crippen molar-refractivity contribution in [3.05, 3.63) is 12.2 Å². The Bertz CT molecular complexity index is 305. The van der Waals surface area contributed by atoms with Crippen LogP contribution in [0.5, 0.6) is 0 Å². The van der Waals surface area contributed by atoms with Gasteiger partial charge in [0, 0.05) is 5.92 Å². The van der Waals surface area contributed by atoms with Crippen LogP contribution in [0.2, 0.25) is 0 Å². The standard InChI is InChI=1S/C14H24O3/c1-9(2)11-6-7-14(4,5)8-12(11)17-13(16)10(3)15/h10-12,15H,1,6-8H2,2-5H3. The van der Waals surface area contributed by atoms with E-state index in [4.69, 9.17) is 4.74 Å². The molecule has 0 aromatic heterocycles. The summed E-state index contributed by atoms with van der Waals surface area (Å²) in [6, 6.07) is 0. The van der Waals surface area contributed by atoms with Gasteiger partial charge < -0.3 is 9.84 Å². The molecule has 0 spiro atoms. The lowest BCUT2D eigenvalue weighted by Crippen LogP contribution is -2.39. The summed E-state index contributed by atoms with van der Waals surface area (Å²) in [6.45, 7) is 11.8. The van der Waals surface area contributed by atoms with Crippen LogP contribution >= 0.6 is 0 Å². The van der Waals surface area contributed by atoms with Crippen LogP contribution in [0.3, 0.4) is 0 Å². The van der Waals surface area contributed by atoms with Crippen molar-refractivity contribution in [3.8, 4) is 0 Å². The summed E-state index contributed by atoms with van der Waals surface area (Å²) in [4.78, 5) is 11.5. The van der Waals surface area contributed by atoms with E-state index >= 15 is 0 Å². The molecule has 0 aliphatic heterocycles. The van der Waals surface area contributed by atoms with Gasteiger partial charge in [0.25, 0.3) is 0 Å². The summed E-state index contributed by atoms with van der Waals surface area (Å²) in [5.74, 6) is -0.301. The fourth-order valence-corrected chi connectivity index (χ4v) is 2.46. The third-order valence-electron chi connectivity index (χ3n) is 3.58. The molecule has 1 rings (SSSR count). The van der Waals surface area contributed by atoms with Crippen LogP contribution in [0.4, 0.5) is 0 Å². The van der Waals surface area contributed by atoms with E-state index < -0.39 is 12.1 Å². The molecular weight excluding hydrogens is 216 g/mol. The first-order valence-corrected chi connectivity index (χ1v) is 6.27. The Morgan fingerprint density at radius 1 is 1.53 bits per heavy atom. The second kappa shape index (κ2) is 5.21. The smallest absolute Gasteiger partial charge is 0.334 e. The van der Waals surface area contributed by atoms with E-state index in [1.54, 1.807) is 0 Å². The Morgan fingerprint density at radius 3 is 2.59 bits per heavy atom. The highest BCUT2D eigenvalue weighted by Crippen LogP contribution is 2.42. The van der Waals surface area contributed by atoms with Crippen molar-refractivity contribution in [1.82, 2.24) is 0 Å². The Morgan fingerprint density at radius 2 is 2.12 bits per heavy atom. The molecule has 0 saturated heterocycles. The van der Waals surface area contributed by atoms with E-state index in [-0.39, 0.29) is 17.4 Å². The summed E-state index contributed by atoms with van der Waals surface area (Å²) in [6.07, 6.45) is 1.76. The van der Waals surface area contributed by atoms with Gasteiger partial charge in [-0.2, -0.15) is 0 Å². The number of rotatable bonds is 3. The van der Waals surface area contributed by atoms with Gasteiger partial charge in [0.05, 0.1) is 0 Å². The molecule has 1 aliphatic rings. The second-order valence-electron chi connectivity index (χ2n) is 6.01. The molecule has 1 N–H and O–H groups in total. The highest BCUT2D eigenvalue weighted by Gasteiger charge is 2.37. The van der Waals surface area contributed by atoms with Crippen molar-refractivity contribution < 1.29 is 14.6 Å². The highest BCUT2D eigenvalue weighted by atomic mass is 16.6. The molecule has 0 bridgehead atoms. The van der Waals surface area contributed by atoms with Gasteiger partial charge >= 0.3 is 5.97 Å². The average molecular weight is 240 g/mol. The molecule has 3 nitrogen and oxygen atoms in total. The molecule has 0 aromatic rings. The Kier molecular flexibility index (Phi) is 4.36. The molecule has 1 fully saturated rings. The normalized spacial score (nSPS) is 29.5. The van der Waals surface area contributed by atoms with E-state index in [1.807, 2.05) is 6.92 Å². The molecule has 3 unspecified atom stereocenters. The molecule has 0 radical (unpaired) electrons. The van der Waals surface area contributed by atoms with Crippen molar-refractivity contribution in [2.24, 2.45) is 11.3 Å². The van der Waals surface area contributed by atoms with E-state index in [9.17, 15) is 9.90 Å². The van der Waals surface area contributed by atoms with Crippen LogP contribution in [-0.4, -0.2) is 23.3 Å². The second-order valence-corrected chi connectivity index (χ2v) is 6.01. The van der Waals surface area contributed by atoms with E-state index in [0.29, 0.717) is 0 Å². The van der Waals surface area contributed by atoms with E-state index in [0.717, 1.165) is 24.8 Å². The quantitative estimate of drug-likeness (QED) is 0.609. The number of aliphatic hydroxyl groups is 1. The van der Waals surface area contributed by atoms with E-state index in [1.165, 1.54) is 6.92 Å². The average Bonchev–Trinajstić information content (AvgIpc) is 2.15. The van der Waals surface area contributed by atoms with Crippen LogP contribution in [0.25, 0.3) is 0 Å². The molecular formula is C14H24O3.